The highest BCUT2D eigenvalue weighted by Gasteiger charge is 2.24. The molecule has 1 rings (SSSR count). The Morgan fingerprint density at radius 1 is 1.04 bits per heavy atom. The second-order valence-corrected chi connectivity index (χ2v) is 9.70. The van der Waals surface area contributed by atoms with E-state index < -0.39 is 10.0 Å². The summed E-state index contributed by atoms with van der Waals surface area (Å²) in [5.41, 5.74) is 5.83. The van der Waals surface area contributed by atoms with Gasteiger partial charge in [0.05, 0.1) is 4.90 Å². The molecule has 6 heteroatoms. The zero-order valence-electron chi connectivity index (χ0n) is 14.4. The Morgan fingerprint density at radius 2 is 1.61 bits per heavy atom. The van der Waals surface area contributed by atoms with Crippen LogP contribution in [0.3, 0.4) is 0 Å². The highest BCUT2D eigenvalue weighted by Crippen LogP contribution is 2.21. The van der Waals surface area contributed by atoms with Crippen molar-refractivity contribution in [2.75, 3.05) is 6.54 Å². The van der Waals surface area contributed by atoms with Crippen molar-refractivity contribution in [1.82, 2.24) is 4.72 Å². The molecule has 132 valence electrons. The van der Waals surface area contributed by atoms with Crippen molar-refractivity contribution >= 4 is 32.6 Å². The van der Waals surface area contributed by atoms with Gasteiger partial charge in [-0.3, -0.25) is 0 Å². The number of halogens is 1. The van der Waals surface area contributed by atoms with E-state index >= 15 is 0 Å². The van der Waals surface area contributed by atoms with E-state index in [0.717, 1.165) is 16.4 Å². The summed E-state index contributed by atoms with van der Waals surface area (Å²) >= 11 is 2.16. The van der Waals surface area contributed by atoms with E-state index in [2.05, 4.69) is 41.2 Å². The van der Waals surface area contributed by atoms with Gasteiger partial charge in [-0.15, -0.1) is 0 Å². The Hall–Kier alpha value is -0.180. The maximum Gasteiger partial charge on any atom is 0.240 e. The van der Waals surface area contributed by atoms with E-state index in [0.29, 0.717) is 23.3 Å². The van der Waals surface area contributed by atoms with Gasteiger partial charge in [-0.25, -0.2) is 13.1 Å². The molecule has 0 spiro atoms. The second-order valence-electron chi connectivity index (χ2n) is 6.74. The molecule has 0 bridgehead atoms. The van der Waals surface area contributed by atoms with E-state index in [1.54, 1.807) is 12.1 Å². The van der Waals surface area contributed by atoms with Crippen LogP contribution in [0.15, 0.2) is 29.2 Å². The van der Waals surface area contributed by atoms with E-state index in [9.17, 15) is 8.42 Å². The van der Waals surface area contributed by atoms with Crippen molar-refractivity contribution in [3.05, 3.63) is 27.8 Å². The maximum absolute atomic E-state index is 12.6. The highest BCUT2D eigenvalue weighted by molar-refractivity contribution is 14.1. The molecule has 0 aliphatic carbocycles. The molecule has 0 saturated heterocycles. The standard InChI is InChI=1S/C17H29IN2O2S/c1-12(2)14(11-19)5-10-17(13(3)4)20-23(21,22)16-8-6-15(18)7-9-16/h6-9,12-14,17,20H,5,10-11,19H2,1-4H3. The summed E-state index contributed by atoms with van der Waals surface area (Å²) in [6.07, 6.45) is 1.74. The largest absolute Gasteiger partial charge is 0.330 e. The lowest BCUT2D eigenvalue weighted by Crippen LogP contribution is -2.39. The zero-order valence-corrected chi connectivity index (χ0v) is 17.4. The first kappa shape index (κ1) is 20.9. The third kappa shape index (κ3) is 6.68. The molecule has 1 aromatic rings. The average Bonchev–Trinajstić information content (AvgIpc) is 2.46. The smallest absolute Gasteiger partial charge is 0.240 e. The van der Waals surface area contributed by atoms with Crippen molar-refractivity contribution < 1.29 is 8.42 Å². The van der Waals surface area contributed by atoms with Crippen LogP contribution in [0.25, 0.3) is 0 Å². The fraction of sp³-hybridized carbons (Fsp3) is 0.647. The van der Waals surface area contributed by atoms with Crippen LogP contribution in [0.2, 0.25) is 0 Å². The van der Waals surface area contributed by atoms with Crippen LogP contribution >= 0.6 is 22.6 Å². The molecule has 0 fully saturated rings. The molecule has 0 amide bonds. The Bertz CT molecular complexity index is 571. The minimum Gasteiger partial charge on any atom is -0.330 e. The topological polar surface area (TPSA) is 72.2 Å². The van der Waals surface area contributed by atoms with Gasteiger partial charge >= 0.3 is 0 Å². The Balaban J connectivity index is 2.80. The minimum atomic E-state index is -3.48. The number of benzene rings is 1. The van der Waals surface area contributed by atoms with E-state index in [1.807, 2.05) is 26.0 Å². The Morgan fingerprint density at radius 3 is 2.04 bits per heavy atom. The number of nitrogens with one attached hydrogen (secondary N) is 1. The number of sulfonamides is 1. The van der Waals surface area contributed by atoms with Gasteiger partial charge in [-0.2, -0.15) is 0 Å². The fourth-order valence-electron chi connectivity index (χ4n) is 2.53. The average molecular weight is 452 g/mol. The molecule has 3 N–H and O–H groups in total. The molecule has 23 heavy (non-hydrogen) atoms. The van der Waals surface area contributed by atoms with Gasteiger partial charge in [0.25, 0.3) is 0 Å². The van der Waals surface area contributed by atoms with Crippen LogP contribution in [-0.2, 0) is 10.0 Å². The molecule has 0 aliphatic heterocycles. The summed E-state index contributed by atoms with van der Waals surface area (Å²) in [6.45, 7) is 9.07. The molecular formula is C17H29IN2O2S. The molecule has 2 atom stereocenters. The molecule has 0 saturated carbocycles. The second kappa shape index (κ2) is 9.34. The van der Waals surface area contributed by atoms with Crippen molar-refractivity contribution in [1.29, 1.82) is 0 Å². The van der Waals surface area contributed by atoms with E-state index in [4.69, 9.17) is 5.73 Å². The molecule has 0 aliphatic rings. The Labute approximate surface area is 154 Å². The predicted octanol–water partition coefficient (Wildman–Crippen LogP) is 3.61. The third-order valence-electron chi connectivity index (χ3n) is 4.33. The normalized spacial score (nSPS) is 15.1. The quantitative estimate of drug-likeness (QED) is 0.563. The summed E-state index contributed by atoms with van der Waals surface area (Å²) < 4.78 is 29.0. The van der Waals surface area contributed by atoms with Gasteiger partial charge in [-0.05, 0) is 84.0 Å². The summed E-state index contributed by atoms with van der Waals surface area (Å²) in [5, 5.41) is 0. The van der Waals surface area contributed by atoms with Crippen LogP contribution in [0.5, 0.6) is 0 Å². The summed E-state index contributed by atoms with van der Waals surface area (Å²) in [6, 6.07) is 6.84. The van der Waals surface area contributed by atoms with Crippen molar-refractivity contribution in [2.45, 2.75) is 51.5 Å². The highest BCUT2D eigenvalue weighted by atomic mass is 127. The van der Waals surface area contributed by atoms with Gasteiger partial charge in [0.15, 0.2) is 0 Å². The van der Waals surface area contributed by atoms with Crippen LogP contribution in [0, 0.1) is 21.3 Å². The van der Waals surface area contributed by atoms with Crippen LogP contribution in [0.4, 0.5) is 0 Å². The Kier molecular flexibility index (Phi) is 8.47. The lowest BCUT2D eigenvalue weighted by atomic mass is 9.88. The van der Waals surface area contributed by atoms with Crippen molar-refractivity contribution in [3.63, 3.8) is 0 Å². The first-order valence-electron chi connectivity index (χ1n) is 8.15. The molecule has 2 unspecified atom stereocenters. The zero-order chi connectivity index (χ0) is 17.6. The van der Waals surface area contributed by atoms with Crippen LogP contribution in [0.1, 0.15) is 40.5 Å². The van der Waals surface area contributed by atoms with Crippen LogP contribution < -0.4 is 10.5 Å². The first-order valence-corrected chi connectivity index (χ1v) is 10.7. The predicted molar refractivity (Wildman–Crippen MR) is 105 cm³/mol. The number of hydrogen-bond acceptors (Lipinski definition) is 3. The minimum absolute atomic E-state index is 0.0768. The summed E-state index contributed by atoms with van der Waals surface area (Å²) in [4.78, 5) is 0.322. The summed E-state index contributed by atoms with van der Waals surface area (Å²) in [7, 11) is -3.48. The molecule has 4 nitrogen and oxygen atoms in total. The number of nitrogens with two attached hydrogens (primary N) is 1. The summed E-state index contributed by atoms with van der Waals surface area (Å²) in [5.74, 6) is 1.18. The first-order chi connectivity index (χ1) is 10.7. The van der Waals surface area contributed by atoms with Gasteiger partial charge < -0.3 is 5.73 Å². The SMILES string of the molecule is CC(C)C(CN)CCC(NS(=O)(=O)c1ccc(I)cc1)C(C)C. The lowest BCUT2D eigenvalue weighted by molar-refractivity contribution is 0.319. The van der Waals surface area contributed by atoms with Gasteiger partial charge in [-0.1, -0.05) is 27.7 Å². The van der Waals surface area contributed by atoms with Crippen LogP contribution in [-0.4, -0.2) is 21.0 Å². The fourth-order valence-corrected chi connectivity index (χ4v) is 4.31. The van der Waals surface area contributed by atoms with Gasteiger partial charge in [0, 0.05) is 9.61 Å². The third-order valence-corrected chi connectivity index (χ3v) is 6.55. The molecule has 0 radical (unpaired) electrons. The van der Waals surface area contributed by atoms with Crippen molar-refractivity contribution in [3.8, 4) is 0 Å². The number of hydrogen-bond donors (Lipinski definition) is 2. The van der Waals surface area contributed by atoms with Crippen molar-refractivity contribution in [2.24, 2.45) is 23.5 Å². The molecule has 0 heterocycles. The van der Waals surface area contributed by atoms with E-state index in [-0.39, 0.29) is 12.0 Å². The number of rotatable bonds is 9. The van der Waals surface area contributed by atoms with E-state index in [1.165, 1.54) is 0 Å². The maximum atomic E-state index is 12.6. The van der Waals surface area contributed by atoms with Gasteiger partial charge in [0.2, 0.25) is 10.0 Å². The lowest BCUT2D eigenvalue weighted by Gasteiger charge is -2.26. The molecule has 1 aromatic carbocycles. The molecular weight excluding hydrogens is 423 g/mol. The molecule has 0 aromatic heterocycles. The van der Waals surface area contributed by atoms with Gasteiger partial charge in [0.1, 0.15) is 0 Å². The monoisotopic (exact) mass is 452 g/mol.